The van der Waals surface area contributed by atoms with Crippen molar-refractivity contribution < 1.29 is 13.2 Å². The maximum Gasteiger partial charge on any atom is 0.241 e. The molecule has 0 saturated carbocycles. The van der Waals surface area contributed by atoms with Gasteiger partial charge in [-0.05, 0) is 30.0 Å². The second-order valence-corrected chi connectivity index (χ2v) is 5.66. The van der Waals surface area contributed by atoms with Crippen molar-refractivity contribution in [2.75, 3.05) is 7.11 Å². The Labute approximate surface area is 96.5 Å². The lowest BCUT2D eigenvalue weighted by molar-refractivity contribution is 0.402. The number of hydrogen-bond donors (Lipinski definition) is 1. The zero-order valence-electron chi connectivity index (χ0n) is 9.73. The Kier molecular flexibility index (Phi) is 3.93. The number of sulfonamides is 1. The summed E-state index contributed by atoms with van der Waals surface area (Å²) in [5.41, 5.74) is 1.04. The summed E-state index contributed by atoms with van der Waals surface area (Å²) < 4.78 is 27.5. The maximum atomic E-state index is 11.2. The lowest BCUT2D eigenvalue weighted by Crippen LogP contribution is -2.13. The van der Waals surface area contributed by atoms with Crippen molar-refractivity contribution in [3.8, 4) is 5.75 Å². The molecule has 0 aliphatic rings. The van der Waals surface area contributed by atoms with Crippen molar-refractivity contribution in [3.63, 3.8) is 0 Å². The fourth-order valence-electron chi connectivity index (χ4n) is 1.55. The van der Waals surface area contributed by atoms with Gasteiger partial charge in [0.15, 0.2) is 0 Å². The smallest absolute Gasteiger partial charge is 0.241 e. The summed E-state index contributed by atoms with van der Waals surface area (Å²) in [6.07, 6.45) is 0.876. The molecule has 0 aromatic heterocycles. The quantitative estimate of drug-likeness (QED) is 0.872. The van der Waals surface area contributed by atoms with E-state index in [9.17, 15) is 8.42 Å². The van der Waals surface area contributed by atoms with Crippen molar-refractivity contribution in [1.82, 2.24) is 0 Å². The third-order valence-corrected chi connectivity index (χ3v) is 3.13. The molecule has 0 saturated heterocycles. The van der Waals surface area contributed by atoms with E-state index in [0.29, 0.717) is 11.7 Å². The molecule has 0 bridgehead atoms. The Morgan fingerprint density at radius 3 is 2.44 bits per heavy atom. The minimum absolute atomic E-state index is 0.0301. The van der Waals surface area contributed by atoms with E-state index in [1.807, 2.05) is 0 Å². The first kappa shape index (κ1) is 13.0. The summed E-state index contributed by atoms with van der Waals surface area (Å²) in [5.74, 6) is 0.811. The van der Waals surface area contributed by atoms with Gasteiger partial charge >= 0.3 is 0 Å². The van der Waals surface area contributed by atoms with Gasteiger partial charge in [0.25, 0.3) is 0 Å². The molecule has 16 heavy (non-hydrogen) atoms. The lowest BCUT2D eigenvalue weighted by Gasteiger charge is -2.10. The van der Waals surface area contributed by atoms with E-state index in [-0.39, 0.29) is 4.90 Å². The molecule has 4 nitrogen and oxygen atoms in total. The van der Waals surface area contributed by atoms with Crippen molar-refractivity contribution in [2.24, 2.45) is 11.1 Å². The molecular formula is C11H17NO3S. The highest BCUT2D eigenvalue weighted by Gasteiger charge is 2.15. The zero-order chi connectivity index (χ0) is 12.3. The maximum absolute atomic E-state index is 11.2. The van der Waals surface area contributed by atoms with E-state index >= 15 is 0 Å². The highest BCUT2D eigenvalue weighted by molar-refractivity contribution is 7.89. The molecule has 90 valence electrons. The van der Waals surface area contributed by atoms with Crippen LogP contribution in [0.1, 0.15) is 19.4 Å². The largest absolute Gasteiger partial charge is 0.495 e. The van der Waals surface area contributed by atoms with Crippen LogP contribution in [0.2, 0.25) is 0 Å². The molecule has 0 radical (unpaired) electrons. The Balaban J connectivity index is 3.17. The summed E-state index contributed by atoms with van der Waals surface area (Å²) in [7, 11) is -2.28. The number of primary sulfonamides is 1. The third-order valence-electron chi connectivity index (χ3n) is 2.18. The van der Waals surface area contributed by atoms with Crippen molar-refractivity contribution in [3.05, 3.63) is 23.8 Å². The van der Waals surface area contributed by atoms with Crippen molar-refractivity contribution >= 4 is 10.0 Å². The van der Waals surface area contributed by atoms with Crippen LogP contribution in [0.3, 0.4) is 0 Å². The first-order valence-electron chi connectivity index (χ1n) is 5.04. The Bertz CT molecular complexity index is 466. The minimum Gasteiger partial charge on any atom is -0.495 e. The van der Waals surface area contributed by atoms with E-state index in [1.54, 1.807) is 12.1 Å². The molecule has 5 heteroatoms. The number of hydrogen-bond acceptors (Lipinski definition) is 3. The average Bonchev–Trinajstić information content (AvgIpc) is 2.14. The van der Waals surface area contributed by atoms with Gasteiger partial charge in [0.05, 0.1) is 7.11 Å². The van der Waals surface area contributed by atoms with Gasteiger partial charge < -0.3 is 4.74 Å². The highest BCUT2D eigenvalue weighted by atomic mass is 32.2. The fraction of sp³-hybridized carbons (Fsp3) is 0.455. The summed E-state index contributed by atoms with van der Waals surface area (Å²) in [6, 6.07) is 4.98. The third kappa shape index (κ3) is 3.21. The summed E-state index contributed by atoms with van der Waals surface area (Å²) in [6.45, 7) is 4.19. The second-order valence-electron chi connectivity index (χ2n) is 4.13. The Morgan fingerprint density at radius 1 is 1.38 bits per heavy atom. The van der Waals surface area contributed by atoms with Crippen LogP contribution in [-0.4, -0.2) is 15.5 Å². The van der Waals surface area contributed by atoms with Gasteiger partial charge in [-0.15, -0.1) is 0 Å². The minimum atomic E-state index is -3.72. The van der Waals surface area contributed by atoms with Crippen LogP contribution in [0, 0.1) is 5.92 Å². The van der Waals surface area contributed by atoms with Crippen LogP contribution < -0.4 is 9.88 Å². The van der Waals surface area contributed by atoms with E-state index in [0.717, 1.165) is 12.0 Å². The molecule has 0 spiro atoms. The predicted octanol–water partition coefficient (Wildman–Crippen LogP) is 1.54. The number of methoxy groups -OCH3 is 1. The van der Waals surface area contributed by atoms with Gasteiger partial charge in [-0.3, -0.25) is 0 Å². The van der Waals surface area contributed by atoms with Crippen LogP contribution in [0.25, 0.3) is 0 Å². The Morgan fingerprint density at radius 2 is 2.00 bits per heavy atom. The standard InChI is InChI=1S/C11H17NO3S/c1-8(2)6-9-4-5-11(16(12,13)14)10(7-9)15-3/h4-5,7-8H,6H2,1-3H3,(H2,12,13,14). The Hall–Kier alpha value is -1.07. The molecule has 0 amide bonds. The molecule has 0 fully saturated rings. The number of benzene rings is 1. The molecule has 2 N–H and O–H groups in total. The molecule has 1 aromatic carbocycles. The van der Waals surface area contributed by atoms with Crippen LogP contribution in [-0.2, 0) is 16.4 Å². The molecule has 0 aliphatic heterocycles. The number of rotatable bonds is 4. The van der Waals surface area contributed by atoms with Crippen LogP contribution >= 0.6 is 0 Å². The molecule has 0 heterocycles. The molecule has 0 unspecified atom stereocenters. The average molecular weight is 243 g/mol. The van der Waals surface area contributed by atoms with Gasteiger partial charge in [-0.25, -0.2) is 13.6 Å². The summed E-state index contributed by atoms with van der Waals surface area (Å²) in [4.78, 5) is 0.0301. The summed E-state index contributed by atoms with van der Waals surface area (Å²) >= 11 is 0. The first-order valence-corrected chi connectivity index (χ1v) is 6.59. The van der Waals surface area contributed by atoms with E-state index in [2.05, 4.69) is 13.8 Å². The lowest BCUT2D eigenvalue weighted by atomic mass is 10.0. The van der Waals surface area contributed by atoms with Gasteiger partial charge in [0.2, 0.25) is 10.0 Å². The van der Waals surface area contributed by atoms with Gasteiger partial charge in [0.1, 0.15) is 10.6 Å². The molecule has 0 aliphatic carbocycles. The number of ether oxygens (including phenoxy) is 1. The second kappa shape index (κ2) is 4.84. The topological polar surface area (TPSA) is 69.4 Å². The molecule has 1 aromatic rings. The van der Waals surface area contributed by atoms with Crippen LogP contribution in [0.5, 0.6) is 5.75 Å². The van der Waals surface area contributed by atoms with E-state index in [4.69, 9.17) is 9.88 Å². The fourth-order valence-corrected chi connectivity index (χ4v) is 2.23. The van der Waals surface area contributed by atoms with Crippen LogP contribution in [0.15, 0.2) is 23.1 Å². The van der Waals surface area contributed by atoms with Gasteiger partial charge in [0, 0.05) is 0 Å². The summed E-state index contributed by atoms with van der Waals surface area (Å²) in [5, 5.41) is 5.08. The monoisotopic (exact) mass is 243 g/mol. The molecule has 0 atom stereocenters. The van der Waals surface area contributed by atoms with Crippen molar-refractivity contribution in [2.45, 2.75) is 25.2 Å². The number of nitrogens with two attached hydrogens (primary N) is 1. The van der Waals surface area contributed by atoms with Crippen molar-refractivity contribution in [1.29, 1.82) is 0 Å². The normalized spacial score (nSPS) is 11.8. The molecular weight excluding hydrogens is 226 g/mol. The van der Waals surface area contributed by atoms with Gasteiger partial charge in [-0.1, -0.05) is 19.9 Å². The predicted molar refractivity (Wildman–Crippen MR) is 62.9 cm³/mol. The first-order chi connectivity index (χ1) is 7.34. The van der Waals surface area contributed by atoms with E-state index < -0.39 is 10.0 Å². The zero-order valence-corrected chi connectivity index (χ0v) is 10.5. The SMILES string of the molecule is COc1cc(CC(C)C)ccc1S(N)(=O)=O. The van der Waals surface area contributed by atoms with Crippen LogP contribution in [0.4, 0.5) is 0 Å². The van der Waals surface area contributed by atoms with Gasteiger partial charge in [-0.2, -0.15) is 0 Å². The van der Waals surface area contributed by atoms with E-state index in [1.165, 1.54) is 13.2 Å². The highest BCUT2D eigenvalue weighted by Crippen LogP contribution is 2.24. The molecule has 1 rings (SSSR count).